The topological polar surface area (TPSA) is 55.6 Å². The van der Waals surface area contributed by atoms with Crippen LogP contribution in [0.4, 0.5) is 0 Å². The zero-order valence-corrected chi connectivity index (χ0v) is 9.19. The summed E-state index contributed by atoms with van der Waals surface area (Å²) >= 11 is 0. The van der Waals surface area contributed by atoms with Gasteiger partial charge in [0.25, 0.3) is 0 Å². The number of nitrogens with two attached hydrogens (primary N) is 1. The highest BCUT2D eigenvalue weighted by Crippen LogP contribution is 2.13. The third-order valence-corrected chi connectivity index (χ3v) is 2.80. The van der Waals surface area contributed by atoms with Gasteiger partial charge in [-0.3, -0.25) is 4.79 Å². The summed E-state index contributed by atoms with van der Waals surface area (Å²) in [4.78, 5) is 13.6. The predicted molar refractivity (Wildman–Crippen MR) is 54.8 cm³/mol. The standard InChI is InChI=1S/C10H20N2O2/c1-7(2)9(11)10(13)12(3)8-4-5-14-6-8/h7-9H,4-6,11H2,1-3H3/t8?,9-/m0/s1. The molecule has 0 saturated carbocycles. The lowest BCUT2D eigenvalue weighted by Crippen LogP contribution is -2.48. The molecule has 1 rings (SSSR count). The molecule has 0 bridgehead atoms. The van der Waals surface area contributed by atoms with Gasteiger partial charge in [0.2, 0.25) is 5.91 Å². The van der Waals surface area contributed by atoms with E-state index in [2.05, 4.69) is 0 Å². The molecule has 1 fully saturated rings. The quantitative estimate of drug-likeness (QED) is 0.709. The van der Waals surface area contributed by atoms with Crippen LogP contribution in [0.15, 0.2) is 0 Å². The molecule has 1 unspecified atom stereocenters. The molecule has 14 heavy (non-hydrogen) atoms. The lowest BCUT2D eigenvalue weighted by atomic mass is 10.0. The molecule has 1 aliphatic heterocycles. The predicted octanol–water partition coefficient (Wildman–Crippen LogP) is 0.217. The second-order valence-electron chi connectivity index (χ2n) is 4.24. The van der Waals surface area contributed by atoms with Gasteiger partial charge in [0.1, 0.15) is 0 Å². The Hall–Kier alpha value is -0.610. The number of ether oxygens (including phenoxy) is 1. The summed E-state index contributed by atoms with van der Waals surface area (Å²) in [6.07, 6.45) is 0.924. The molecule has 0 aliphatic carbocycles. The second-order valence-corrected chi connectivity index (χ2v) is 4.24. The van der Waals surface area contributed by atoms with Gasteiger partial charge in [-0.15, -0.1) is 0 Å². The van der Waals surface area contributed by atoms with Gasteiger partial charge < -0.3 is 15.4 Å². The van der Waals surface area contributed by atoms with Crippen molar-refractivity contribution in [2.75, 3.05) is 20.3 Å². The minimum absolute atomic E-state index is 0.0236. The summed E-state index contributed by atoms with van der Waals surface area (Å²) in [6.45, 7) is 5.31. The highest BCUT2D eigenvalue weighted by atomic mass is 16.5. The smallest absolute Gasteiger partial charge is 0.239 e. The first-order chi connectivity index (χ1) is 6.54. The molecule has 1 aliphatic rings. The minimum Gasteiger partial charge on any atom is -0.379 e. The van der Waals surface area contributed by atoms with Crippen molar-refractivity contribution in [3.8, 4) is 0 Å². The normalized spacial score (nSPS) is 23.9. The van der Waals surface area contributed by atoms with E-state index in [4.69, 9.17) is 10.5 Å². The number of amides is 1. The average molecular weight is 200 g/mol. The fourth-order valence-corrected chi connectivity index (χ4v) is 1.53. The van der Waals surface area contributed by atoms with Crippen molar-refractivity contribution in [3.63, 3.8) is 0 Å². The highest BCUT2D eigenvalue weighted by Gasteiger charge is 2.28. The van der Waals surface area contributed by atoms with Crippen molar-refractivity contribution in [3.05, 3.63) is 0 Å². The molecule has 2 N–H and O–H groups in total. The highest BCUT2D eigenvalue weighted by molar-refractivity contribution is 5.82. The van der Waals surface area contributed by atoms with Crippen LogP contribution in [0.3, 0.4) is 0 Å². The van der Waals surface area contributed by atoms with E-state index in [1.54, 1.807) is 4.90 Å². The molecule has 4 heteroatoms. The Kier molecular flexibility index (Phi) is 3.89. The number of rotatable bonds is 3. The third-order valence-electron chi connectivity index (χ3n) is 2.80. The molecule has 0 aromatic carbocycles. The first kappa shape index (κ1) is 11.5. The zero-order valence-electron chi connectivity index (χ0n) is 9.19. The van der Waals surface area contributed by atoms with Gasteiger partial charge in [0, 0.05) is 13.7 Å². The number of carbonyl (C=O) groups excluding carboxylic acids is 1. The molecule has 1 amide bonds. The number of likely N-dealkylation sites (N-methyl/N-ethyl adjacent to an activating group) is 1. The summed E-state index contributed by atoms with van der Waals surface area (Å²) in [7, 11) is 1.81. The molecule has 0 aromatic rings. The molecule has 4 nitrogen and oxygen atoms in total. The van der Waals surface area contributed by atoms with E-state index in [1.807, 2.05) is 20.9 Å². The zero-order chi connectivity index (χ0) is 10.7. The van der Waals surface area contributed by atoms with E-state index in [9.17, 15) is 4.79 Å². The summed E-state index contributed by atoms with van der Waals surface area (Å²) in [6, 6.07) is -0.173. The maximum Gasteiger partial charge on any atom is 0.239 e. The molecule has 0 spiro atoms. The van der Waals surface area contributed by atoms with Gasteiger partial charge in [-0.05, 0) is 12.3 Å². The summed E-state index contributed by atoms with van der Waals surface area (Å²) in [5.41, 5.74) is 5.80. The molecule has 0 aromatic heterocycles. The van der Waals surface area contributed by atoms with Crippen LogP contribution in [-0.2, 0) is 9.53 Å². The Morgan fingerprint density at radius 3 is 2.64 bits per heavy atom. The van der Waals surface area contributed by atoms with Gasteiger partial charge in [-0.25, -0.2) is 0 Å². The molecule has 82 valence electrons. The van der Waals surface area contributed by atoms with Crippen molar-refractivity contribution in [2.24, 2.45) is 11.7 Å². The first-order valence-corrected chi connectivity index (χ1v) is 5.14. The fraction of sp³-hybridized carbons (Fsp3) is 0.900. The lowest BCUT2D eigenvalue weighted by molar-refractivity contribution is -0.134. The average Bonchev–Trinajstić information content (AvgIpc) is 2.67. The van der Waals surface area contributed by atoms with Crippen LogP contribution in [0.2, 0.25) is 0 Å². The van der Waals surface area contributed by atoms with Crippen LogP contribution in [-0.4, -0.2) is 43.2 Å². The Bertz CT molecular complexity index is 200. The number of nitrogens with zero attached hydrogens (tertiary/aromatic N) is 1. The van der Waals surface area contributed by atoms with Gasteiger partial charge >= 0.3 is 0 Å². The second kappa shape index (κ2) is 4.75. The minimum atomic E-state index is -0.388. The van der Waals surface area contributed by atoms with Crippen LogP contribution in [0.5, 0.6) is 0 Å². The Labute approximate surface area is 85.4 Å². The number of hydrogen-bond donors (Lipinski definition) is 1. The van der Waals surface area contributed by atoms with Crippen molar-refractivity contribution in [1.29, 1.82) is 0 Å². The van der Waals surface area contributed by atoms with Crippen molar-refractivity contribution in [2.45, 2.75) is 32.4 Å². The Morgan fingerprint density at radius 2 is 2.21 bits per heavy atom. The maximum atomic E-state index is 11.8. The molecule has 1 heterocycles. The maximum absolute atomic E-state index is 11.8. The molecule has 1 saturated heterocycles. The van der Waals surface area contributed by atoms with Crippen molar-refractivity contribution in [1.82, 2.24) is 4.90 Å². The van der Waals surface area contributed by atoms with Crippen LogP contribution < -0.4 is 5.73 Å². The molecule has 0 radical (unpaired) electrons. The largest absolute Gasteiger partial charge is 0.379 e. The van der Waals surface area contributed by atoms with E-state index < -0.39 is 0 Å². The lowest BCUT2D eigenvalue weighted by Gasteiger charge is -2.27. The van der Waals surface area contributed by atoms with Gasteiger partial charge in [-0.2, -0.15) is 0 Å². The molecular formula is C10H20N2O2. The van der Waals surface area contributed by atoms with E-state index in [0.717, 1.165) is 13.0 Å². The van der Waals surface area contributed by atoms with Crippen molar-refractivity contribution >= 4 is 5.91 Å². The van der Waals surface area contributed by atoms with Crippen LogP contribution >= 0.6 is 0 Å². The van der Waals surface area contributed by atoms with E-state index in [0.29, 0.717) is 6.61 Å². The van der Waals surface area contributed by atoms with Gasteiger partial charge in [0.05, 0.1) is 18.7 Å². The Morgan fingerprint density at radius 1 is 1.57 bits per heavy atom. The summed E-state index contributed by atoms with van der Waals surface area (Å²) in [5, 5.41) is 0. The van der Waals surface area contributed by atoms with E-state index in [-0.39, 0.29) is 23.9 Å². The van der Waals surface area contributed by atoms with E-state index in [1.165, 1.54) is 0 Å². The van der Waals surface area contributed by atoms with Crippen LogP contribution in [0, 0.1) is 5.92 Å². The molecule has 2 atom stereocenters. The number of hydrogen-bond acceptors (Lipinski definition) is 3. The van der Waals surface area contributed by atoms with Crippen molar-refractivity contribution < 1.29 is 9.53 Å². The fourth-order valence-electron chi connectivity index (χ4n) is 1.53. The number of carbonyl (C=O) groups is 1. The van der Waals surface area contributed by atoms with E-state index >= 15 is 0 Å². The summed E-state index contributed by atoms with van der Waals surface area (Å²) in [5.74, 6) is 0.211. The molecular weight excluding hydrogens is 180 g/mol. The van der Waals surface area contributed by atoms with Crippen LogP contribution in [0.1, 0.15) is 20.3 Å². The third kappa shape index (κ3) is 2.45. The monoisotopic (exact) mass is 200 g/mol. The first-order valence-electron chi connectivity index (χ1n) is 5.14. The summed E-state index contributed by atoms with van der Waals surface area (Å²) < 4.78 is 5.23. The Balaban J connectivity index is 2.50. The van der Waals surface area contributed by atoms with Crippen LogP contribution in [0.25, 0.3) is 0 Å². The SMILES string of the molecule is CC(C)[C@H](N)C(=O)N(C)C1CCOC1. The van der Waals surface area contributed by atoms with Gasteiger partial charge in [-0.1, -0.05) is 13.8 Å². The van der Waals surface area contributed by atoms with Gasteiger partial charge in [0.15, 0.2) is 0 Å².